The molecule has 3 heterocycles. The Labute approximate surface area is 227 Å². The van der Waals surface area contributed by atoms with Crippen molar-refractivity contribution in [2.75, 3.05) is 39.0 Å². The molecule has 4 rings (SSSR count). The molecule has 2 aliphatic heterocycles. The molecule has 0 N–H and O–H groups in total. The van der Waals surface area contributed by atoms with E-state index in [1.54, 1.807) is 41.5 Å². The van der Waals surface area contributed by atoms with Crippen molar-refractivity contribution in [3.05, 3.63) is 44.2 Å². The fraction of sp³-hybridized carbons (Fsp3) is 0.500. The highest BCUT2D eigenvalue weighted by Gasteiger charge is 2.29. The van der Waals surface area contributed by atoms with Crippen LogP contribution in [0.2, 0.25) is 5.02 Å². The highest BCUT2D eigenvalue weighted by atomic mass is 35.5. The van der Waals surface area contributed by atoms with Crippen LogP contribution in [-0.4, -0.2) is 72.7 Å². The summed E-state index contributed by atoms with van der Waals surface area (Å²) in [5.74, 6) is -0.344. The number of carbonyl (C=O) groups is 1. The van der Waals surface area contributed by atoms with Gasteiger partial charge in [0.15, 0.2) is 14.6 Å². The molecule has 0 unspecified atom stereocenters. The molecule has 8 nitrogen and oxygen atoms in total. The zero-order valence-corrected chi connectivity index (χ0v) is 23.9. The molecule has 1 fully saturated rings. The van der Waals surface area contributed by atoms with Gasteiger partial charge in [0.1, 0.15) is 5.04 Å². The quantitative estimate of drug-likeness (QED) is 0.542. The number of carbonyl (C=O) groups excluding carboxylic acids is 1. The maximum absolute atomic E-state index is 12.8. The number of amides is 1. The number of sulfone groups is 1. The third kappa shape index (κ3) is 6.67. The summed E-state index contributed by atoms with van der Waals surface area (Å²) in [6.07, 6.45) is 0.206. The number of aliphatic imine (C=N–C) groups is 1. The van der Waals surface area contributed by atoms with Crippen molar-refractivity contribution >= 4 is 74.2 Å². The average molecular weight is 583 g/mol. The van der Waals surface area contributed by atoms with Gasteiger partial charge in [0.2, 0.25) is 5.91 Å². The Kier molecular flexibility index (Phi) is 10.4. The van der Waals surface area contributed by atoms with Crippen LogP contribution >= 0.6 is 47.8 Å². The summed E-state index contributed by atoms with van der Waals surface area (Å²) in [7, 11) is 0.224. The Morgan fingerprint density at radius 1 is 1.20 bits per heavy atom. The number of fused-ring (bicyclic) bond motifs is 1. The number of hydrogen-bond acceptors (Lipinski definition) is 7. The lowest BCUT2D eigenvalue weighted by Gasteiger charge is -2.34. The van der Waals surface area contributed by atoms with E-state index in [9.17, 15) is 13.2 Å². The Bertz CT molecular complexity index is 1280. The third-order valence-electron chi connectivity index (χ3n) is 6.26. The van der Waals surface area contributed by atoms with E-state index < -0.39 is 9.84 Å². The SMILES string of the molecule is CN=c1sc(CN2CCN(C(=O)CCS(=O)(=O)C3=Nc4ccc(Cl)cc4C3)CC2)c(C)n1C.Cl.Cl. The largest absolute Gasteiger partial charge is 0.340 e. The molecule has 2 aliphatic rings. The van der Waals surface area contributed by atoms with Gasteiger partial charge in [-0.25, -0.2) is 13.4 Å². The standard InChI is InChI=1S/C22H28ClN5O3S2.2ClH/c1-15-19(32-22(24-2)26(15)3)14-27-7-9-28(10-8-27)21(29)6-11-33(30,31)20-13-16-12-17(23)4-5-18(16)25-20;;/h4-5,12H,6-11,13-14H2,1-3H3;2*1H. The molecule has 13 heteroatoms. The highest BCUT2D eigenvalue weighted by Crippen LogP contribution is 2.30. The van der Waals surface area contributed by atoms with E-state index in [-0.39, 0.29) is 54.4 Å². The van der Waals surface area contributed by atoms with Crippen LogP contribution in [0.5, 0.6) is 0 Å². The van der Waals surface area contributed by atoms with E-state index in [1.165, 1.54) is 10.6 Å². The lowest BCUT2D eigenvalue weighted by Crippen LogP contribution is -2.48. The predicted octanol–water partition coefficient (Wildman–Crippen LogP) is 3.16. The minimum Gasteiger partial charge on any atom is -0.340 e. The van der Waals surface area contributed by atoms with Crippen molar-refractivity contribution in [3.8, 4) is 0 Å². The number of aromatic nitrogens is 1. The minimum absolute atomic E-state index is 0. The number of hydrogen-bond donors (Lipinski definition) is 0. The molecule has 0 aliphatic carbocycles. The van der Waals surface area contributed by atoms with Gasteiger partial charge in [-0.2, -0.15) is 0 Å². The van der Waals surface area contributed by atoms with E-state index in [2.05, 4.69) is 26.4 Å². The van der Waals surface area contributed by atoms with Gasteiger partial charge in [-0.05, 0) is 30.7 Å². The second-order valence-electron chi connectivity index (χ2n) is 8.36. The maximum Gasteiger partial charge on any atom is 0.223 e. The van der Waals surface area contributed by atoms with Crippen molar-refractivity contribution in [2.24, 2.45) is 17.0 Å². The fourth-order valence-corrected chi connectivity index (χ4v) is 6.71. The number of nitrogens with zero attached hydrogens (tertiary/aromatic N) is 5. The van der Waals surface area contributed by atoms with Crippen LogP contribution < -0.4 is 4.80 Å². The third-order valence-corrected chi connectivity index (χ3v) is 9.50. The van der Waals surface area contributed by atoms with Crippen molar-refractivity contribution in [2.45, 2.75) is 26.3 Å². The molecule has 0 spiro atoms. The summed E-state index contributed by atoms with van der Waals surface area (Å²) in [6.45, 7) is 5.67. The lowest BCUT2D eigenvalue weighted by atomic mass is 10.2. The highest BCUT2D eigenvalue weighted by molar-refractivity contribution is 8.06. The van der Waals surface area contributed by atoms with E-state index in [4.69, 9.17) is 11.6 Å². The zero-order chi connectivity index (χ0) is 23.8. The van der Waals surface area contributed by atoms with E-state index in [0.29, 0.717) is 23.8 Å². The lowest BCUT2D eigenvalue weighted by molar-refractivity contribution is -0.132. The van der Waals surface area contributed by atoms with E-state index in [0.717, 1.165) is 30.0 Å². The molecule has 1 aromatic heterocycles. The van der Waals surface area contributed by atoms with Crippen LogP contribution in [0.1, 0.15) is 22.6 Å². The van der Waals surface area contributed by atoms with Gasteiger partial charge in [-0.15, -0.1) is 36.2 Å². The molecule has 1 amide bonds. The summed E-state index contributed by atoms with van der Waals surface area (Å²) in [5.41, 5.74) is 2.65. The number of thiazole rings is 1. The predicted molar refractivity (Wildman–Crippen MR) is 147 cm³/mol. The summed E-state index contributed by atoms with van der Waals surface area (Å²) in [6, 6.07) is 5.16. The number of piperazine rings is 1. The van der Waals surface area contributed by atoms with Crippen LogP contribution in [-0.2, 0) is 34.6 Å². The fourth-order valence-electron chi connectivity index (χ4n) is 4.10. The minimum atomic E-state index is -3.60. The number of benzene rings is 1. The maximum atomic E-state index is 12.8. The Morgan fingerprint density at radius 3 is 2.51 bits per heavy atom. The first-order valence-electron chi connectivity index (χ1n) is 10.8. The van der Waals surface area contributed by atoms with Crippen molar-refractivity contribution in [1.29, 1.82) is 0 Å². The Hall–Kier alpha value is -1.43. The molecular weight excluding hydrogens is 553 g/mol. The smallest absolute Gasteiger partial charge is 0.223 e. The van der Waals surface area contributed by atoms with Gasteiger partial charge in [0.25, 0.3) is 0 Å². The van der Waals surface area contributed by atoms with Gasteiger partial charge >= 0.3 is 0 Å². The molecule has 2 aromatic rings. The Morgan fingerprint density at radius 2 is 1.89 bits per heavy atom. The normalized spacial score (nSPS) is 16.4. The van der Waals surface area contributed by atoms with Gasteiger partial charge in [-0.1, -0.05) is 11.6 Å². The van der Waals surface area contributed by atoms with Crippen molar-refractivity contribution in [3.63, 3.8) is 0 Å². The van der Waals surface area contributed by atoms with Crippen molar-refractivity contribution < 1.29 is 13.2 Å². The molecule has 0 bridgehead atoms. The van der Waals surface area contributed by atoms with Crippen LogP contribution in [0.4, 0.5) is 5.69 Å². The monoisotopic (exact) mass is 581 g/mol. The van der Waals surface area contributed by atoms with Crippen LogP contribution in [0, 0.1) is 6.92 Å². The average Bonchev–Trinajstić information content (AvgIpc) is 3.34. The van der Waals surface area contributed by atoms with Crippen LogP contribution in [0.3, 0.4) is 0 Å². The summed E-state index contributed by atoms with van der Waals surface area (Å²) >= 11 is 7.69. The second kappa shape index (κ2) is 12.2. The van der Waals surface area contributed by atoms with Gasteiger partial charge in [0, 0.05) is 75.3 Å². The molecule has 1 saturated heterocycles. The van der Waals surface area contributed by atoms with E-state index >= 15 is 0 Å². The summed E-state index contributed by atoms with van der Waals surface area (Å²) < 4.78 is 27.6. The number of rotatable bonds is 5. The van der Waals surface area contributed by atoms with Gasteiger partial charge in [0.05, 0.1) is 11.4 Å². The first kappa shape index (κ1) is 29.8. The van der Waals surface area contributed by atoms with Crippen LogP contribution in [0.25, 0.3) is 0 Å². The molecule has 35 heavy (non-hydrogen) atoms. The molecular formula is C22H30Cl3N5O3S2. The molecule has 0 saturated carbocycles. The zero-order valence-electron chi connectivity index (χ0n) is 19.9. The first-order chi connectivity index (χ1) is 15.7. The topological polar surface area (TPSA) is 87.3 Å². The van der Waals surface area contributed by atoms with Gasteiger partial charge in [-0.3, -0.25) is 14.7 Å². The molecule has 0 radical (unpaired) electrons. The summed E-state index contributed by atoms with van der Waals surface area (Å²) in [5, 5.41) is 0.677. The van der Waals surface area contributed by atoms with Gasteiger partial charge < -0.3 is 9.47 Å². The van der Waals surface area contributed by atoms with Crippen LogP contribution in [0.15, 0.2) is 28.2 Å². The summed E-state index contributed by atoms with van der Waals surface area (Å²) in [4.78, 5) is 27.6. The first-order valence-corrected chi connectivity index (χ1v) is 13.7. The Balaban J connectivity index is 0.00000216. The van der Waals surface area contributed by atoms with Crippen molar-refractivity contribution in [1.82, 2.24) is 14.4 Å². The van der Waals surface area contributed by atoms with E-state index in [1.807, 2.05) is 7.05 Å². The second-order valence-corrected chi connectivity index (χ2v) is 12.0. The molecule has 194 valence electrons. The number of halogens is 3. The molecule has 1 aromatic carbocycles. The molecule has 0 atom stereocenters.